The number of carbonyl (C=O) groups excluding carboxylic acids is 1. The van der Waals surface area contributed by atoms with E-state index in [9.17, 15) is 26.4 Å². The van der Waals surface area contributed by atoms with E-state index in [1.165, 1.54) is 23.9 Å². The van der Waals surface area contributed by atoms with Crippen molar-refractivity contribution in [1.29, 1.82) is 0 Å². The summed E-state index contributed by atoms with van der Waals surface area (Å²) < 4.78 is 74.4. The highest BCUT2D eigenvalue weighted by Gasteiger charge is 2.31. The average Bonchev–Trinajstić information content (AvgIpc) is 3.30. The van der Waals surface area contributed by atoms with Crippen LogP contribution in [0.1, 0.15) is 18.1 Å². The molecule has 2 aliphatic heterocycles. The lowest BCUT2D eigenvalue weighted by Crippen LogP contribution is -2.43. The number of rotatable bonds is 7. The SMILES string of the molecule is CC(Oc1ccc(OC(F)(F)F)cc1)C(=O)N1CCc2ccc(S(=O)(=O)NC3NC=CS3)cc2C1. The first-order valence-electron chi connectivity index (χ1n) is 10.5. The van der Waals surface area contributed by atoms with Gasteiger partial charge in [-0.1, -0.05) is 17.8 Å². The van der Waals surface area contributed by atoms with Crippen LogP contribution in [0.2, 0.25) is 0 Å². The first-order chi connectivity index (χ1) is 16.5. The molecule has 2 atom stereocenters. The summed E-state index contributed by atoms with van der Waals surface area (Å²) in [6.07, 6.45) is -3.50. The molecule has 0 saturated carbocycles. The summed E-state index contributed by atoms with van der Waals surface area (Å²) in [5.74, 6) is -0.504. The Hall–Kier alpha value is -2.90. The molecular formula is C22H22F3N3O5S2. The third-order valence-electron chi connectivity index (χ3n) is 5.32. The predicted molar refractivity (Wildman–Crippen MR) is 123 cm³/mol. The summed E-state index contributed by atoms with van der Waals surface area (Å²) in [5, 5.41) is 4.63. The van der Waals surface area contributed by atoms with Gasteiger partial charge in [-0.3, -0.25) is 4.79 Å². The summed E-state index contributed by atoms with van der Waals surface area (Å²) in [6, 6.07) is 9.63. The van der Waals surface area contributed by atoms with Crippen molar-refractivity contribution in [3.63, 3.8) is 0 Å². The van der Waals surface area contributed by atoms with E-state index in [-0.39, 0.29) is 23.1 Å². The van der Waals surface area contributed by atoms with Gasteiger partial charge in [0, 0.05) is 19.3 Å². The van der Waals surface area contributed by atoms with Gasteiger partial charge in [-0.15, -0.1) is 13.2 Å². The molecule has 2 aromatic rings. The molecule has 2 heterocycles. The highest BCUT2D eigenvalue weighted by atomic mass is 32.2. The monoisotopic (exact) mass is 529 g/mol. The number of nitrogens with one attached hydrogen (secondary N) is 2. The summed E-state index contributed by atoms with van der Waals surface area (Å²) in [6.45, 7) is 2.18. The van der Waals surface area contributed by atoms with Gasteiger partial charge in [-0.2, -0.15) is 4.72 Å². The molecule has 0 radical (unpaired) electrons. The van der Waals surface area contributed by atoms with Gasteiger partial charge >= 0.3 is 6.36 Å². The van der Waals surface area contributed by atoms with Crippen molar-refractivity contribution < 1.29 is 35.9 Å². The zero-order chi connectivity index (χ0) is 25.2. The Morgan fingerprint density at radius 2 is 1.89 bits per heavy atom. The molecule has 2 unspecified atom stereocenters. The fraction of sp³-hybridized carbons (Fsp3) is 0.318. The Morgan fingerprint density at radius 1 is 1.17 bits per heavy atom. The molecule has 35 heavy (non-hydrogen) atoms. The molecular weight excluding hydrogens is 507 g/mol. The zero-order valence-corrected chi connectivity index (χ0v) is 20.0. The van der Waals surface area contributed by atoms with Crippen molar-refractivity contribution >= 4 is 27.7 Å². The highest BCUT2D eigenvalue weighted by molar-refractivity contribution is 8.03. The molecule has 0 spiro atoms. The lowest BCUT2D eigenvalue weighted by atomic mass is 9.99. The molecule has 0 saturated heterocycles. The number of alkyl halides is 3. The van der Waals surface area contributed by atoms with Crippen LogP contribution in [0.25, 0.3) is 0 Å². The van der Waals surface area contributed by atoms with Gasteiger partial charge < -0.3 is 19.7 Å². The van der Waals surface area contributed by atoms with E-state index in [0.717, 1.165) is 23.3 Å². The second-order valence-electron chi connectivity index (χ2n) is 7.83. The molecule has 0 aliphatic carbocycles. The van der Waals surface area contributed by atoms with E-state index in [1.807, 2.05) is 0 Å². The van der Waals surface area contributed by atoms with E-state index in [1.54, 1.807) is 41.6 Å². The van der Waals surface area contributed by atoms with Crippen molar-refractivity contribution in [2.45, 2.75) is 42.7 Å². The molecule has 4 rings (SSSR count). The number of sulfonamides is 1. The van der Waals surface area contributed by atoms with E-state index >= 15 is 0 Å². The maximum absolute atomic E-state index is 13.0. The molecule has 1 amide bonds. The summed E-state index contributed by atoms with van der Waals surface area (Å²) in [7, 11) is -3.77. The molecule has 0 bridgehead atoms. The Bertz CT molecular complexity index is 1210. The standard InChI is InChI=1S/C22H22F3N3O5S2/c1-14(32-17-3-5-18(6-4-17)33-22(23,24)25)20(29)28-10-8-15-2-7-19(12-16(15)13-28)35(30,31)27-21-26-9-11-34-21/h2-7,9,11-12,14,21,26-27H,8,10,13H2,1H3. The van der Waals surface area contributed by atoms with Crippen LogP contribution >= 0.6 is 11.8 Å². The van der Waals surface area contributed by atoms with Crippen LogP contribution < -0.4 is 19.5 Å². The minimum absolute atomic E-state index is 0.102. The van der Waals surface area contributed by atoms with Crippen LogP contribution in [0.3, 0.4) is 0 Å². The first kappa shape index (κ1) is 25.2. The second-order valence-corrected chi connectivity index (χ2v) is 10.6. The topological polar surface area (TPSA) is 97.0 Å². The number of benzene rings is 2. The number of ether oxygens (including phenoxy) is 2. The van der Waals surface area contributed by atoms with E-state index in [2.05, 4.69) is 14.8 Å². The van der Waals surface area contributed by atoms with Gasteiger partial charge in [-0.05, 0) is 66.3 Å². The molecule has 13 heteroatoms. The van der Waals surface area contributed by atoms with Crippen LogP contribution in [0.15, 0.2) is 59.0 Å². The fourth-order valence-electron chi connectivity index (χ4n) is 3.67. The number of thioether (sulfide) groups is 1. The largest absolute Gasteiger partial charge is 0.573 e. The van der Waals surface area contributed by atoms with E-state index in [0.29, 0.717) is 13.0 Å². The summed E-state index contributed by atoms with van der Waals surface area (Å²) in [4.78, 5) is 14.6. The van der Waals surface area contributed by atoms with Crippen molar-refractivity contribution in [1.82, 2.24) is 14.9 Å². The van der Waals surface area contributed by atoms with Crippen molar-refractivity contribution in [2.24, 2.45) is 0 Å². The van der Waals surface area contributed by atoms with Gasteiger partial charge in [0.05, 0.1) is 4.90 Å². The van der Waals surface area contributed by atoms with Gasteiger partial charge in [0.2, 0.25) is 10.0 Å². The normalized spacial score (nSPS) is 18.5. The Balaban J connectivity index is 1.39. The van der Waals surface area contributed by atoms with Crippen LogP contribution in [-0.2, 0) is 27.8 Å². The predicted octanol–water partition coefficient (Wildman–Crippen LogP) is 3.31. The van der Waals surface area contributed by atoms with Gasteiger partial charge in [0.25, 0.3) is 5.91 Å². The smallest absolute Gasteiger partial charge is 0.481 e. The number of fused-ring (bicyclic) bond motifs is 1. The number of halogens is 3. The minimum atomic E-state index is -4.80. The lowest BCUT2D eigenvalue weighted by molar-refractivity contribution is -0.274. The summed E-state index contributed by atoms with van der Waals surface area (Å²) >= 11 is 1.30. The molecule has 2 aliphatic rings. The first-order valence-corrected chi connectivity index (χ1v) is 12.9. The maximum atomic E-state index is 13.0. The Morgan fingerprint density at radius 3 is 2.54 bits per heavy atom. The quantitative estimate of drug-likeness (QED) is 0.568. The molecule has 0 aromatic heterocycles. The number of nitrogens with zero attached hydrogens (tertiary/aromatic N) is 1. The third kappa shape index (κ3) is 6.41. The third-order valence-corrected chi connectivity index (χ3v) is 7.71. The lowest BCUT2D eigenvalue weighted by Gasteiger charge is -2.31. The molecule has 2 N–H and O–H groups in total. The van der Waals surface area contributed by atoms with Gasteiger partial charge in [0.1, 0.15) is 17.0 Å². The van der Waals surface area contributed by atoms with Gasteiger partial charge in [-0.25, -0.2) is 8.42 Å². The number of hydrogen-bond donors (Lipinski definition) is 2. The van der Waals surface area contributed by atoms with Crippen LogP contribution in [0, 0.1) is 0 Å². The molecule has 8 nitrogen and oxygen atoms in total. The molecule has 2 aromatic carbocycles. The fourth-order valence-corrected chi connectivity index (χ4v) is 5.78. The zero-order valence-electron chi connectivity index (χ0n) is 18.4. The minimum Gasteiger partial charge on any atom is -0.481 e. The molecule has 0 fully saturated rings. The Kier molecular flexibility index (Phi) is 7.20. The van der Waals surface area contributed by atoms with Gasteiger partial charge in [0.15, 0.2) is 6.10 Å². The van der Waals surface area contributed by atoms with E-state index in [4.69, 9.17) is 4.74 Å². The maximum Gasteiger partial charge on any atom is 0.573 e. The Labute approximate surface area is 204 Å². The van der Waals surface area contributed by atoms with Crippen molar-refractivity contribution in [2.75, 3.05) is 6.54 Å². The summed E-state index contributed by atoms with van der Waals surface area (Å²) in [5.41, 5.74) is 1.19. The number of carbonyl (C=O) groups is 1. The van der Waals surface area contributed by atoms with E-state index < -0.39 is 33.7 Å². The van der Waals surface area contributed by atoms with Crippen LogP contribution in [0.4, 0.5) is 13.2 Å². The molecule has 188 valence electrons. The van der Waals surface area contributed by atoms with Crippen molar-refractivity contribution in [3.05, 3.63) is 65.2 Å². The second kappa shape index (κ2) is 9.99. The number of hydrogen-bond acceptors (Lipinski definition) is 7. The number of amides is 1. The van der Waals surface area contributed by atoms with Crippen molar-refractivity contribution in [3.8, 4) is 11.5 Å². The highest BCUT2D eigenvalue weighted by Crippen LogP contribution is 2.27. The van der Waals surface area contributed by atoms with Crippen LogP contribution in [0.5, 0.6) is 11.5 Å². The average molecular weight is 530 g/mol. The van der Waals surface area contributed by atoms with Crippen LogP contribution in [-0.4, -0.2) is 43.7 Å².